The van der Waals surface area contributed by atoms with Crippen LogP contribution in [-0.2, 0) is 11.2 Å². The number of fused-ring (bicyclic) bond motifs is 2. The maximum atomic E-state index is 14.5. The first kappa shape index (κ1) is 23.8. The lowest BCUT2D eigenvalue weighted by Gasteiger charge is -2.33. The van der Waals surface area contributed by atoms with Crippen molar-refractivity contribution in [3.63, 3.8) is 0 Å². The van der Waals surface area contributed by atoms with Crippen molar-refractivity contribution in [2.45, 2.75) is 39.5 Å². The van der Waals surface area contributed by atoms with Crippen molar-refractivity contribution in [1.29, 1.82) is 0 Å². The van der Waals surface area contributed by atoms with Crippen LogP contribution in [0.2, 0.25) is 0 Å². The number of ether oxygens (including phenoxy) is 1. The molecule has 0 amide bonds. The third-order valence-electron chi connectivity index (χ3n) is 6.88. The number of nitrogens with one attached hydrogen (secondary N) is 2. The van der Waals surface area contributed by atoms with Gasteiger partial charge in [0.1, 0.15) is 23.9 Å². The second kappa shape index (κ2) is 10.0. The predicted molar refractivity (Wildman–Crippen MR) is 139 cm³/mol. The Balaban J connectivity index is 1.41. The molecule has 2 aromatic rings. The number of pyridine rings is 1. The lowest BCUT2D eigenvalue weighted by Crippen LogP contribution is -2.38. The van der Waals surface area contributed by atoms with E-state index in [0.717, 1.165) is 66.4 Å². The number of aromatic nitrogens is 1. The number of carboxylic acids is 1. The minimum absolute atomic E-state index is 0.158. The average Bonchev–Trinajstić information content (AvgIpc) is 3.04. The van der Waals surface area contributed by atoms with Crippen LogP contribution in [0.15, 0.2) is 52.4 Å². The van der Waals surface area contributed by atoms with Gasteiger partial charge in [0.2, 0.25) is 5.88 Å². The van der Waals surface area contributed by atoms with Gasteiger partial charge in [-0.25, -0.2) is 14.4 Å². The number of anilines is 3. The van der Waals surface area contributed by atoms with Gasteiger partial charge in [0, 0.05) is 24.3 Å². The van der Waals surface area contributed by atoms with Crippen molar-refractivity contribution in [1.82, 2.24) is 4.98 Å². The van der Waals surface area contributed by atoms with Crippen molar-refractivity contribution in [2.75, 3.05) is 41.8 Å². The summed E-state index contributed by atoms with van der Waals surface area (Å²) in [5.41, 5.74) is 7.18. The van der Waals surface area contributed by atoms with Gasteiger partial charge in [-0.3, -0.25) is 4.79 Å². The van der Waals surface area contributed by atoms with Gasteiger partial charge in [-0.05, 0) is 55.0 Å². The average molecular weight is 492 g/mol. The highest BCUT2D eigenvalue weighted by molar-refractivity contribution is 6.05. The Morgan fingerprint density at radius 2 is 2.22 bits per heavy atom. The highest BCUT2D eigenvalue weighted by Crippen LogP contribution is 2.36. The quantitative estimate of drug-likeness (QED) is 0.540. The van der Waals surface area contributed by atoms with Gasteiger partial charge in [0.25, 0.3) is 0 Å². The number of halogens is 1. The van der Waals surface area contributed by atoms with E-state index in [-0.39, 0.29) is 12.0 Å². The summed E-state index contributed by atoms with van der Waals surface area (Å²) in [5.74, 6) is -0.233. The lowest BCUT2D eigenvalue weighted by atomic mass is 9.98. The fraction of sp³-hybridized carbons (Fsp3) is 0.370. The van der Waals surface area contributed by atoms with Crippen LogP contribution < -0.4 is 20.3 Å². The highest BCUT2D eigenvalue weighted by atomic mass is 19.1. The first-order valence-electron chi connectivity index (χ1n) is 12.3. The van der Waals surface area contributed by atoms with Gasteiger partial charge in [-0.2, -0.15) is 0 Å². The molecule has 0 bridgehead atoms. The van der Waals surface area contributed by atoms with Crippen molar-refractivity contribution >= 4 is 28.7 Å². The van der Waals surface area contributed by atoms with Crippen LogP contribution in [0.1, 0.15) is 37.3 Å². The molecule has 36 heavy (non-hydrogen) atoms. The van der Waals surface area contributed by atoms with Gasteiger partial charge < -0.3 is 25.4 Å². The molecule has 1 aromatic carbocycles. The lowest BCUT2D eigenvalue weighted by molar-refractivity contribution is -0.136. The minimum Gasteiger partial charge on any atom is -0.481 e. The molecule has 4 heterocycles. The molecule has 3 aliphatic heterocycles. The van der Waals surface area contributed by atoms with E-state index in [1.54, 1.807) is 6.07 Å². The maximum Gasteiger partial charge on any atom is 0.307 e. The molecule has 0 aliphatic carbocycles. The molecular weight excluding hydrogens is 461 g/mol. The van der Waals surface area contributed by atoms with E-state index in [2.05, 4.69) is 40.4 Å². The zero-order valence-corrected chi connectivity index (χ0v) is 20.5. The SMILES string of the molecule is CCC1=C(Nc2ccc(CC(=O)O)c(F)c2)N=C2CN(c3cnc4c(c3C)NCCO4)CCC2=CC1. The zero-order chi connectivity index (χ0) is 25.2. The Morgan fingerprint density at radius 1 is 1.36 bits per heavy atom. The zero-order valence-electron chi connectivity index (χ0n) is 20.5. The van der Waals surface area contributed by atoms with Crippen molar-refractivity contribution in [3.8, 4) is 5.88 Å². The number of carboxylic acid groups (broad SMARTS) is 1. The van der Waals surface area contributed by atoms with Crippen LogP contribution in [0.5, 0.6) is 5.88 Å². The Morgan fingerprint density at radius 3 is 3.00 bits per heavy atom. The largest absolute Gasteiger partial charge is 0.481 e. The van der Waals surface area contributed by atoms with E-state index < -0.39 is 11.8 Å². The second-order valence-corrected chi connectivity index (χ2v) is 9.19. The molecule has 1 fully saturated rings. The summed E-state index contributed by atoms with van der Waals surface area (Å²) in [6.45, 7) is 7.06. The van der Waals surface area contributed by atoms with E-state index in [9.17, 15) is 9.18 Å². The smallest absolute Gasteiger partial charge is 0.307 e. The summed E-state index contributed by atoms with van der Waals surface area (Å²) in [4.78, 5) is 22.8. The standard InChI is InChI=1S/C27H30FN5O3/c1-3-17-4-5-18-8-10-33(23-14-30-27-25(16(23)2)29-9-11-36-27)15-22(18)32-26(17)31-20-7-6-19(12-24(34)35)21(28)13-20/h5-7,13-14,29,31H,3-4,8-12,15H2,1-2H3,(H,34,35). The molecule has 8 nitrogen and oxygen atoms in total. The third-order valence-corrected chi connectivity index (χ3v) is 6.88. The summed E-state index contributed by atoms with van der Waals surface area (Å²) >= 11 is 0. The number of hydrogen-bond donors (Lipinski definition) is 3. The normalized spacial score (nSPS) is 17.1. The molecule has 0 saturated carbocycles. The first-order chi connectivity index (χ1) is 17.4. The Labute approximate surface area is 209 Å². The predicted octanol–water partition coefficient (Wildman–Crippen LogP) is 4.68. The van der Waals surface area contributed by atoms with Crippen LogP contribution in [0.4, 0.5) is 21.5 Å². The van der Waals surface area contributed by atoms with E-state index in [0.29, 0.717) is 24.7 Å². The van der Waals surface area contributed by atoms with Crippen LogP contribution in [0, 0.1) is 12.7 Å². The molecule has 3 aliphatic rings. The summed E-state index contributed by atoms with van der Waals surface area (Å²) in [5, 5.41) is 15.7. The topological polar surface area (TPSA) is 99.1 Å². The fourth-order valence-corrected chi connectivity index (χ4v) is 4.88. The van der Waals surface area contributed by atoms with Gasteiger partial charge in [-0.15, -0.1) is 0 Å². The monoisotopic (exact) mass is 491 g/mol. The van der Waals surface area contributed by atoms with E-state index in [4.69, 9.17) is 14.8 Å². The van der Waals surface area contributed by atoms with E-state index in [1.165, 1.54) is 17.7 Å². The number of aliphatic imine (C=N–C) groups is 1. The van der Waals surface area contributed by atoms with Crippen molar-refractivity contribution in [2.24, 2.45) is 4.99 Å². The van der Waals surface area contributed by atoms with Crippen molar-refractivity contribution < 1.29 is 19.0 Å². The second-order valence-electron chi connectivity index (χ2n) is 9.19. The number of benzene rings is 1. The number of allylic oxidation sites excluding steroid dienone is 2. The molecule has 0 unspecified atom stereocenters. The highest BCUT2D eigenvalue weighted by Gasteiger charge is 2.26. The summed E-state index contributed by atoms with van der Waals surface area (Å²) in [6.07, 6.45) is 6.25. The first-order valence-corrected chi connectivity index (χ1v) is 12.3. The van der Waals surface area contributed by atoms with Crippen LogP contribution >= 0.6 is 0 Å². The molecule has 0 spiro atoms. The molecule has 3 N–H and O–H groups in total. The number of hydrogen-bond acceptors (Lipinski definition) is 7. The molecule has 0 radical (unpaired) electrons. The number of carbonyl (C=O) groups is 1. The molecule has 9 heteroatoms. The van der Waals surface area contributed by atoms with Crippen LogP contribution in [-0.4, -0.2) is 48.0 Å². The fourth-order valence-electron chi connectivity index (χ4n) is 4.88. The molecular formula is C27H30FN5O3. The maximum absolute atomic E-state index is 14.5. The Bertz CT molecular complexity index is 1300. The molecule has 5 rings (SSSR count). The van der Waals surface area contributed by atoms with Gasteiger partial charge in [0.05, 0.1) is 30.6 Å². The minimum atomic E-state index is -1.06. The van der Waals surface area contributed by atoms with Gasteiger partial charge in [0.15, 0.2) is 0 Å². The molecule has 1 aromatic heterocycles. The molecule has 188 valence electrons. The van der Waals surface area contributed by atoms with E-state index >= 15 is 0 Å². The van der Waals surface area contributed by atoms with Gasteiger partial charge in [-0.1, -0.05) is 19.1 Å². The third kappa shape index (κ3) is 4.78. The Hall–Kier alpha value is -3.88. The van der Waals surface area contributed by atoms with Gasteiger partial charge >= 0.3 is 5.97 Å². The number of nitrogens with zero attached hydrogens (tertiary/aromatic N) is 3. The van der Waals surface area contributed by atoms with Crippen LogP contribution in [0.25, 0.3) is 0 Å². The molecule has 0 atom stereocenters. The summed E-state index contributed by atoms with van der Waals surface area (Å²) < 4.78 is 20.2. The summed E-state index contributed by atoms with van der Waals surface area (Å²) in [6, 6.07) is 4.55. The van der Waals surface area contributed by atoms with Crippen LogP contribution in [0.3, 0.4) is 0 Å². The molecule has 1 saturated heterocycles. The Kier molecular flexibility index (Phi) is 6.63. The number of aliphatic carboxylic acids is 1. The summed E-state index contributed by atoms with van der Waals surface area (Å²) in [7, 11) is 0. The van der Waals surface area contributed by atoms with Crippen molar-refractivity contribution in [3.05, 3.63) is 64.4 Å². The number of piperidine rings is 1. The van der Waals surface area contributed by atoms with E-state index in [1.807, 2.05) is 6.20 Å². The number of rotatable bonds is 6.